The minimum atomic E-state index is -3.61. The van der Waals surface area contributed by atoms with Crippen molar-refractivity contribution in [3.05, 3.63) is 52.3 Å². The van der Waals surface area contributed by atoms with E-state index in [1.807, 2.05) is 0 Å². The van der Waals surface area contributed by atoms with Crippen molar-refractivity contribution in [1.82, 2.24) is 9.55 Å². The number of hydrogen-bond acceptors (Lipinski definition) is 9. The third-order valence-corrected chi connectivity index (χ3v) is 7.17. The number of nitrogens with zero attached hydrogens (tertiary/aromatic N) is 2. The molecule has 0 saturated carbocycles. The Morgan fingerprint density at radius 3 is 2.88 bits per heavy atom. The molecule has 3 heterocycles. The Hall–Kier alpha value is -2.09. The molecule has 0 aliphatic carbocycles. The van der Waals surface area contributed by atoms with Crippen molar-refractivity contribution in [1.29, 1.82) is 0 Å². The van der Waals surface area contributed by atoms with Gasteiger partial charge in [-0.2, -0.15) is 4.98 Å². The van der Waals surface area contributed by atoms with E-state index in [0.717, 1.165) is 0 Å². The summed E-state index contributed by atoms with van der Waals surface area (Å²) in [5.74, 6) is -1.65. The summed E-state index contributed by atoms with van der Waals surface area (Å²) in [6.45, 7) is -4.77. The molecule has 9 nitrogen and oxygen atoms in total. The number of para-hydroxylation sites is 1. The van der Waals surface area contributed by atoms with Crippen molar-refractivity contribution in [3.8, 4) is 5.75 Å². The quantitative estimate of drug-likeness (QED) is 0.473. The molecule has 1 saturated heterocycles. The average Bonchev–Trinajstić information content (AvgIpc) is 3.01. The van der Waals surface area contributed by atoms with Crippen LogP contribution in [0, 0.1) is 5.82 Å². The van der Waals surface area contributed by atoms with E-state index in [2.05, 4.69) is 4.98 Å². The molecular formula is C17H16F4N3O6PS. The maximum absolute atomic E-state index is 14.8. The number of rotatable bonds is 5. The minimum Gasteiger partial charge on any atom is -0.424 e. The van der Waals surface area contributed by atoms with Crippen LogP contribution in [0.15, 0.2) is 35.3 Å². The van der Waals surface area contributed by atoms with Crippen LogP contribution < -0.4 is 15.9 Å². The topological polar surface area (TPSA) is 118 Å². The summed E-state index contributed by atoms with van der Waals surface area (Å²) in [5, 5.41) is 10.3. The lowest BCUT2D eigenvalue weighted by Crippen LogP contribution is -2.52. The second-order valence-electron chi connectivity index (χ2n) is 7.01. The van der Waals surface area contributed by atoms with E-state index in [-0.39, 0.29) is 11.2 Å². The Morgan fingerprint density at radius 2 is 2.16 bits per heavy atom. The van der Waals surface area contributed by atoms with Crippen molar-refractivity contribution in [2.75, 3.05) is 12.3 Å². The number of benzene rings is 1. The van der Waals surface area contributed by atoms with Crippen molar-refractivity contribution in [2.45, 2.75) is 37.1 Å². The number of alkyl halides is 3. The zero-order valence-electron chi connectivity index (χ0n) is 15.9. The molecule has 0 spiro atoms. The van der Waals surface area contributed by atoms with Crippen LogP contribution in [0.3, 0.4) is 0 Å². The molecule has 5 unspecified atom stereocenters. The maximum atomic E-state index is 14.8. The Balaban J connectivity index is 1.59. The second kappa shape index (κ2) is 8.36. The normalized spacial score (nSPS) is 32.0. The van der Waals surface area contributed by atoms with E-state index < -0.39 is 61.2 Å². The summed E-state index contributed by atoms with van der Waals surface area (Å²) in [5.41, 5.74) is 1.60. The highest BCUT2D eigenvalue weighted by Crippen LogP contribution is 2.56. The lowest BCUT2D eigenvalue weighted by Gasteiger charge is -2.34. The number of anilines is 1. The predicted molar refractivity (Wildman–Crippen MR) is 105 cm³/mol. The fourth-order valence-electron chi connectivity index (χ4n) is 3.25. The van der Waals surface area contributed by atoms with Gasteiger partial charge in [0.15, 0.2) is 29.6 Å². The van der Waals surface area contributed by atoms with Crippen LogP contribution in [0.25, 0.3) is 0 Å². The number of aromatic nitrogens is 2. The van der Waals surface area contributed by atoms with Crippen LogP contribution in [0.2, 0.25) is 0 Å². The molecule has 2 aliphatic heterocycles. The molecule has 32 heavy (non-hydrogen) atoms. The van der Waals surface area contributed by atoms with Crippen LogP contribution in [0.5, 0.6) is 5.75 Å². The maximum Gasteiger partial charge on any atom is 0.381 e. The molecule has 15 heteroatoms. The average molecular weight is 497 g/mol. The third-order valence-electron chi connectivity index (χ3n) is 5.00. The first-order valence-corrected chi connectivity index (χ1v) is 11.6. The van der Waals surface area contributed by atoms with Crippen molar-refractivity contribution in [2.24, 2.45) is 0 Å². The van der Waals surface area contributed by atoms with E-state index in [9.17, 15) is 27.5 Å². The SMILES string of the molecule is Nc1nc(=O)n(C2OC(COP3(=S)OCc4ccccc4O3)(C(F)F)C(O)C2F)cc1F. The van der Waals surface area contributed by atoms with Crippen LogP contribution in [0.4, 0.5) is 23.4 Å². The van der Waals surface area contributed by atoms with Gasteiger partial charge in [0.2, 0.25) is 0 Å². The van der Waals surface area contributed by atoms with Gasteiger partial charge < -0.3 is 20.1 Å². The predicted octanol–water partition coefficient (Wildman–Crippen LogP) is 2.05. The summed E-state index contributed by atoms with van der Waals surface area (Å²) in [4.78, 5) is 15.1. The molecule has 3 N–H and O–H groups in total. The Kier molecular flexibility index (Phi) is 6.03. The van der Waals surface area contributed by atoms with Gasteiger partial charge in [-0.3, -0.25) is 13.6 Å². The molecule has 174 valence electrons. The molecule has 0 radical (unpaired) electrons. The standard InChI is InChI=1S/C17H16F4N3O6PS/c18-9-5-24(16(26)23-13(9)22)14-11(19)12(25)17(29-14,15(20)21)7-28-31(32)27-6-8-3-1-2-4-10(8)30-31/h1-5,11-12,14-15,25H,6-7H2,(H2,22,23,26). The molecule has 5 atom stereocenters. The van der Waals surface area contributed by atoms with Gasteiger partial charge in [0.1, 0.15) is 11.9 Å². The Bertz CT molecular complexity index is 1140. The summed E-state index contributed by atoms with van der Waals surface area (Å²) in [6, 6.07) is 6.67. The van der Waals surface area contributed by atoms with Crippen molar-refractivity contribution < 1.29 is 41.0 Å². The molecule has 2 aliphatic rings. The smallest absolute Gasteiger partial charge is 0.381 e. The van der Waals surface area contributed by atoms with Gasteiger partial charge in [0.05, 0.1) is 19.4 Å². The summed E-state index contributed by atoms with van der Waals surface area (Å²) >= 11 is 5.18. The molecular weight excluding hydrogens is 481 g/mol. The summed E-state index contributed by atoms with van der Waals surface area (Å²) in [7, 11) is 0. The van der Waals surface area contributed by atoms with Crippen LogP contribution >= 0.6 is 6.72 Å². The molecule has 0 bridgehead atoms. The van der Waals surface area contributed by atoms with Gasteiger partial charge in [0.25, 0.3) is 6.43 Å². The molecule has 4 rings (SSSR count). The number of ether oxygens (including phenoxy) is 1. The van der Waals surface area contributed by atoms with E-state index in [1.165, 1.54) is 0 Å². The van der Waals surface area contributed by atoms with Crippen LogP contribution in [-0.2, 0) is 32.2 Å². The van der Waals surface area contributed by atoms with Gasteiger partial charge in [-0.05, 0) is 6.07 Å². The van der Waals surface area contributed by atoms with E-state index >= 15 is 0 Å². The summed E-state index contributed by atoms with van der Waals surface area (Å²) < 4.78 is 78.2. The van der Waals surface area contributed by atoms with E-state index in [4.69, 9.17) is 35.8 Å². The molecule has 1 aromatic heterocycles. The molecule has 0 amide bonds. The first kappa shape index (κ1) is 23.1. The number of aliphatic hydroxyl groups excluding tert-OH is 1. The Morgan fingerprint density at radius 1 is 1.44 bits per heavy atom. The molecule has 2 aromatic rings. The zero-order valence-corrected chi connectivity index (χ0v) is 17.6. The van der Waals surface area contributed by atoms with Gasteiger partial charge in [0, 0.05) is 17.4 Å². The number of nitrogen functional groups attached to an aromatic ring is 1. The van der Waals surface area contributed by atoms with Gasteiger partial charge >= 0.3 is 12.4 Å². The first-order valence-electron chi connectivity index (χ1n) is 9.05. The molecule has 1 aromatic carbocycles. The van der Waals surface area contributed by atoms with Crippen molar-refractivity contribution in [3.63, 3.8) is 0 Å². The van der Waals surface area contributed by atoms with Gasteiger partial charge in [-0.15, -0.1) is 0 Å². The monoisotopic (exact) mass is 497 g/mol. The zero-order chi connectivity index (χ0) is 23.3. The number of hydrogen-bond donors (Lipinski definition) is 2. The molecule has 1 fully saturated rings. The lowest BCUT2D eigenvalue weighted by molar-refractivity contribution is -0.193. The minimum absolute atomic E-state index is 0.0152. The van der Waals surface area contributed by atoms with Crippen molar-refractivity contribution >= 4 is 24.3 Å². The second-order valence-corrected chi connectivity index (χ2v) is 9.95. The van der Waals surface area contributed by atoms with Gasteiger partial charge in [-0.1, -0.05) is 18.2 Å². The highest BCUT2D eigenvalue weighted by atomic mass is 32.5. The largest absolute Gasteiger partial charge is 0.424 e. The number of aliphatic hydroxyl groups is 1. The fourth-order valence-corrected chi connectivity index (χ4v) is 5.06. The van der Waals surface area contributed by atoms with Crippen LogP contribution in [0.1, 0.15) is 11.8 Å². The first-order chi connectivity index (χ1) is 15.1. The van der Waals surface area contributed by atoms with E-state index in [1.54, 1.807) is 24.3 Å². The fraction of sp³-hybridized carbons (Fsp3) is 0.412. The van der Waals surface area contributed by atoms with E-state index in [0.29, 0.717) is 17.5 Å². The third kappa shape index (κ3) is 3.91. The number of fused-ring (bicyclic) bond motifs is 1. The summed E-state index contributed by atoms with van der Waals surface area (Å²) in [6.07, 6.45) is -10.2. The number of nitrogens with two attached hydrogens (primary N) is 1. The lowest BCUT2D eigenvalue weighted by atomic mass is 9.97. The highest BCUT2D eigenvalue weighted by Gasteiger charge is 2.62. The number of halogens is 4. The Labute approximate surface area is 182 Å². The highest BCUT2D eigenvalue weighted by molar-refractivity contribution is 8.07. The van der Waals surface area contributed by atoms with Gasteiger partial charge in [-0.25, -0.2) is 22.4 Å². The van der Waals surface area contributed by atoms with Crippen LogP contribution in [-0.4, -0.2) is 45.6 Å².